The van der Waals surface area contributed by atoms with Crippen molar-refractivity contribution in [3.8, 4) is 0 Å². The first-order valence-corrected chi connectivity index (χ1v) is 8.63. The Labute approximate surface area is 125 Å². The lowest BCUT2D eigenvalue weighted by atomic mass is 9.79. The Bertz CT molecular complexity index is 272. The summed E-state index contributed by atoms with van der Waals surface area (Å²) in [7, 11) is 3.98. The second-order valence-electron chi connectivity index (χ2n) is 6.95. The van der Waals surface area contributed by atoms with Crippen LogP contribution in [-0.4, -0.2) is 50.3 Å². The summed E-state index contributed by atoms with van der Waals surface area (Å²) in [5, 5.41) is 3.65. The molecule has 0 radical (unpaired) electrons. The van der Waals surface area contributed by atoms with Gasteiger partial charge in [0.25, 0.3) is 0 Å². The van der Waals surface area contributed by atoms with Crippen molar-refractivity contribution in [2.24, 2.45) is 5.92 Å². The largest absolute Gasteiger partial charge is 0.383 e. The van der Waals surface area contributed by atoms with E-state index in [1.165, 1.54) is 57.9 Å². The van der Waals surface area contributed by atoms with Gasteiger partial charge in [-0.05, 0) is 52.0 Å². The van der Waals surface area contributed by atoms with Gasteiger partial charge in [0.2, 0.25) is 0 Å². The Morgan fingerprint density at radius 3 is 2.45 bits per heavy atom. The lowest BCUT2D eigenvalue weighted by molar-refractivity contribution is 0.100. The third kappa shape index (κ3) is 4.44. The van der Waals surface area contributed by atoms with E-state index in [-0.39, 0.29) is 0 Å². The van der Waals surface area contributed by atoms with Crippen molar-refractivity contribution in [1.29, 1.82) is 0 Å². The zero-order valence-corrected chi connectivity index (χ0v) is 13.8. The van der Waals surface area contributed by atoms with Crippen LogP contribution in [0.4, 0.5) is 0 Å². The number of methoxy groups -OCH3 is 1. The van der Waals surface area contributed by atoms with Crippen molar-refractivity contribution in [1.82, 2.24) is 10.2 Å². The maximum atomic E-state index is 5.31. The van der Waals surface area contributed by atoms with Crippen LogP contribution in [0.15, 0.2) is 0 Å². The normalized spacial score (nSPS) is 24.0. The third-order valence-electron chi connectivity index (χ3n) is 5.68. The summed E-state index contributed by atoms with van der Waals surface area (Å²) < 4.78 is 5.31. The molecule has 118 valence electrons. The topological polar surface area (TPSA) is 24.5 Å². The van der Waals surface area contributed by atoms with Gasteiger partial charge in [0.05, 0.1) is 6.61 Å². The first-order chi connectivity index (χ1) is 9.71. The molecular formula is C17H34N2O. The Morgan fingerprint density at radius 1 is 1.20 bits per heavy atom. The van der Waals surface area contributed by atoms with E-state index in [4.69, 9.17) is 4.74 Å². The molecular weight excluding hydrogens is 248 g/mol. The molecule has 20 heavy (non-hydrogen) atoms. The molecule has 0 aromatic heterocycles. The number of nitrogens with one attached hydrogen (secondary N) is 1. The molecule has 0 heterocycles. The summed E-state index contributed by atoms with van der Waals surface area (Å²) in [4.78, 5) is 2.68. The Morgan fingerprint density at radius 2 is 1.90 bits per heavy atom. The van der Waals surface area contributed by atoms with Gasteiger partial charge in [-0.3, -0.25) is 4.90 Å². The molecule has 0 bridgehead atoms. The lowest BCUT2D eigenvalue weighted by Gasteiger charge is -2.40. The van der Waals surface area contributed by atoms with Crippen LogP contribution in [0, 0.1) is 5.92 Å². The number of hydrogen-bond acceptors (Lipinski definition) is 3. The van der Waals surface area contributed by atoms with Crippen LogP contribution in [0.5, 0.6) is 0 Å². The monoisotopic (exact) mass is 282 g/mol. The quantitative estimate of drug-likeness (QED) is 0.703. The third-order valence-corrected chi connectivity index (χ3v) is 5.68. The zero-order valence-electron chi connectivity index (χ0n) is 13.8. The van der Waals surface area contributed by atoms with E-state index >= 15 is 0 Å². The molecule has 2 aliphatic carbocycles. The van der Waals surface area contributed by atoms with E-state index in [2.05, 4.69) is 24.2 Å². The summed E-state index contributed by atoms with van der Waals surface area (Å²) in [5.41, 5.74) is 0.410. The number of nitrogens with zero attached hydrogens (tertiary/aromatic N) is 1. The van der Waals surface area contributed by atoms with E-state index in [1.54, 1.807) is 0 Å². The van der Waals surface area contributed by atoms with Gasteiger partial charge >= 0.3 is 0 Å². The van der Waals surface area contributed by atoms with Crippen molar-refractivity contribution in [3.05, 3.63) is 0 Å². The fourth-order valence-corrected chi connectivity index (χ4v) is 3.82. The van der Waals surface area contributed by atoms with Gasteiger partial charge in [0.1, 0.15) is 0 Å². The molecule has 0 spiro atoms. The highest BCUT2D eigenvalue weighted by Gasteiger charge is 2.34. The lowest BCUT2D eigenvalue weighted by Crippen LogP contribution is -2.48. The maximum Gasteiger partial charge on any atom is 0.0589 e. The van der Waals surface area contributed by atoms with Crippen LogP contribution in [0.1, 0.15) is 58.3 Å². The average Bonchev–Trinajstić information content (AvgIpc) is 3.32. The van der Waals surface area contributed by atoms with Crippen LogP contribution >= 0.6 is 0 Å². The Hall–Kier alpha value is -0.120. The van der Waals surface area contributed by atoms with Gasteiger partial charge in [0.15, 0.2) is 0 Å². The maximum absolute atomic E-state index is 5.31. The molecule has 0 aliphatic heterocycles. The number of hydrogen-bond donors (Lipinski definition) is 1. The summed E-state index contributed by atoms with van der Waals surface area (Å²) in [5.74, 6) is 0.948. The Kier molecular flexibility index (Phi) is 6.31. The highest BCUT2D eigenvalue weighted by molar-refractivity contribution is 4.92. The molecule has 1 N–H and O–H groups in total. The second-order valence-corrected chi connectivity index (χ2v) is 6.95. The minimum Gasteiger partial charge on any atom is -0.383 e. The summed E-state index contributed by atoms with van der Waals surface area (Å²) in [6.45, 7) is 5.60. The van der Waals surface area contributed by atoms with E-state index in [0.29, 0.717) is 5.54 Å². The minimum atomic E-state index is 0.410. The smallest absolute Gasteiger partial charge is 0.0589 e. The summed E-state index contributed by atoms with van der Waals surface area (Å²) in [6.07, 6.45) is 11.1. The molecule has 0 aromatic rings. The van der Waals surface area contributed by atoms with Gasteiger partial charge in [-0.25, -0.2) is 0 Å². The van der Waals surface area contributed by atoms with Crippen LogP contribution < -0.4 is 5.32 Å². The van der Waals surface area contributed by atoms with Gasteiger partial charge < -0.3 is 10.1 Å². The van der Waals surface area contributed by atoms with Gasteiger partial charge in [-0.15, -0.1) is 0 Å². The molecule has 3 nitrogen and oxygen atoms in total. The molecule has 2 rings (SSSR count). The van der Waals surface area contributed by atoms with Crippen LogP contribution in [0.3, 0.4) is 0 Å². The van der Waals surface area contributed by atoms with Crippen molar-refractivity contribution in [3.63, 3.8) is 0 Å². The number of rotatable bonds is 9. The fourth-order valence-electron chi connectivity index (χ4n) is 3.82. The molecule has 3 heteroatoms. The summed E-state index contributed by atoms with van der Waals surface area (Å²) >= 11 is 0. The van der Waals surface area contributed by atoms with Crippen molar-refractivity contribution < 1.29 is 4.74 Å². The van der Waals surface area contributed by atoms with Crippen molar-refractivity contribution in [2.75, 3.05) is 33.9 Å². The molecule has 2 saturated carbocycles. The molecule has 2 fully saturated rings. The molecule has 0 amide bonds. The van der Waals surface area contributed by atoms with Gasteiger partial charge in [-0.2, -0.15) is 0 Å². The van der Waals surface area contributed by atoms with E-state index < -0.39 is 0 Å². The Balaban J connectivity index is 1.85. The highest BCUT2D eigenvalue weighted by atomic mass is 16.5. The molecule has 1 unspecified atom stereocenters. The predicted molar refractivity (Wildman–Crippen MR) is 85.1 cm³/mol. The second kappa shape index (κ2) is 7.77. The molecule has 0 saturated heterocycles. The van der Waals surface area contributed by atoms with Gasteiger partial charge in [0, 0.05) is 31.8 Å². The summed E-state index contributed by atoms with van der Waals surface area (Å²) in [6, 6.07) is 0.739. The molecule has 1 atom stereocenters. The van der Waals surface area contributed by atoms with E-state index in [1.807, 2.05) is 7.11 Å². The van der Waals surface area contributed by atoms with Crippen molar-refractivity contribution in [2.45, 2.75) is 69.9 Å². The molecule has 2 aliphatic rings. The minimum absolute atomic E-state index is 0.410. The first kappa shape index (κ1) is 16.3. The molecule has 0 aromatic carbocycles. The van der Waals surface area contributed by atoms with Crippen LogP contribution in [0.25, 0.3) is 0 Å². The fraction of sp³-hybridized carbons (Fsp3) is 1.00. The zero-order chi connectivity index (χ0) is 14.4. The SMILES string of the molecule is CNC1(CCN(CCOC)C(C)C2CC2)CCCCC1. The van der Waals surface area contributed by atoms with E-state index in [0.717, 1.165) is 25.1 Å². The van der Waals surface area contributed by atoms with E-state index in [9.17, 15) is 0 Å². The van der Waals surface area contributed by atoms with Crippen molar-refractivity contribution >= 4 is 0 Å². The standard InChI is InChI=1S/C17H34N2O/c1-15(16-7-8-16)19(13-14-20-3)12-11-17(18-2)9-5-4-6-10-17/h15-16,18H,4-14H2,1-3H3. The predicted octanol–water partition coefficient (Wildman–Crippen LogP) is 3.05. The highest BCUT2D eigenvalue weighted by Crippen LogP contribution is 2.36. The van der Waals surface area contributed by atoms with Gasteiger partial charge in [-0.1, -0.05) is 19.3 Å². The number of ether oxygens (including phenoxy) is 1. The average molecular weight is 282 g/mol. The first-order valence-electron chi connectivity index (χ1n) is 8.63. The van der Waals surface area contributed by atoms with Crippen LogP contribution in [-0.2, 0) is 4.74 Å². The van der Waals surface area contributed by atoms with Crippen LogP contribution in [0.2, 0.25) is 0 Å².